The predicted molar refractivity (Wildman–Crippen MR) is 73.8 cm³/mol. The third-order valence-electron chi connectivity index (χ3n) is 3.76. The minimum atomic E-state index is 0.199. The van der Waals surface area contributed by atoms with E-state index in [9.17, 15) is 0 Å². The highest BCUT2D eigenvalue weighted by atomic mass is 15.2. The van der Waals surface area contributed by atoms with Crippen molar-refractivity contribution in [2.24, 2.45) is 0 Å². The van der Waals surface area contributed by atoms with Crippen LogP contribution in [0.15, 0.2) is 54.6 Å². The van der Waals surface area contributed by atoms with Crippen LogP contribution in [0, 0.1) is 0 Å². The number of likely N-dealkylation sites (N-methyl/N-ethyl adjacent to an activating group) is 1. The van der Waals surface area contributed by atoms with Crippen molar-refractivity contribution in [2.45, 2.75) is 31.8 Å². The van der Waals surface area contributed by atoms with E-state index in [1.165, 1.54) is 5.56 Å². The number of nitrogens with zero attached hydrogens (tertiary/aromatic N) is 1. The molecule has 1 aliphatic carbocycles. The standard InChI is InChI=1S/C16H21N/c1-3-16(12-8-5-9-13-16)17(2)14-15-10-6-4-7-11-15/h4-12H,3,13-14H2,1-2H3. The molecule has 90 valence electrons. The van der Waals surface area contributed by atoms with Crippen molar-refractivity contribution in [2.75, 3.05) is 7.05 Å². The molecule has 1 nitrogen and oxygen atoms in total. The summed E-state index contributed by atoms with van der Waals surface area (Å²) in [6.45, 7) is 3.28. The lowest BCUT2D eigenvalue weighted by Crippen LogP contribution is -2.44. The van der Waals surface area contributed by atoms with Crippen LogP contribution in [0.1, 0.15) is 25.3 Å². The molecular weight excluding hydrogens is 206 g/mol. The van der Waals surface area contributed by atoms with E-state index in [2.05, 4.69) is 73.5 Å². The lowest BCUT2D eigenvalue weighted by atomic mass is 9.86. The van der Waals surface area contributed by atoms with Gasteiger partial charge in [0.05, 0.1) is 0 Å². The van der Waals surface area contributed by atoms with Crippen molar-refractivity contribution in [1.82, 2.24) is 4.90 Å². The lowest BCUT2D eigenvalue weighted by Gasteiger charge is -2.39. The summed E-state index contributed by atoms with van der Waals surface area (Å²) in [5.74, 6) is 0. The Morgan fingerprint density at radius 3 is 2.53 bits per heavy atom. The van der Waals surface area contributed by atoms with Crippen LogP contribution >= 0.6 is 0 Å². The Bertz CT molecular complexity index is 405. The molecular formula is C16H21N. The van der Waals surface area contributed by atoms with Crippen LogP contribution in [0.5, 0.6) is 0 Å². The van der Waals surface area contributed by atoms with Crippen molar-refractivity contribution in [1.29, 1.82) is 0 Å². The van der Waals surface area contributed by atoms with E-state index in [4.69, 9.17) is 0 Å². The Labute approximate surface area is 104 Å². The summed E-state index contributed by atoms with van der Waals surface area (Å²) >= 11 is 0. The third-order valence-corrected chi connectivity index (χ3v) is 3.76. The molecule has 0 N–H and O–H groups in total. The van der Waals surface area contributed by atoms with Crippen LogP contribution in [-0.2, 0) is 6.54 Å². The van der Waals surface area contributed by atoms with Gasteiger partial charge in [-0.1, -0.05) is 61.6 Å². The molecule has 1 aromatic carbocycles. The first-order valence-corrected chi connectivity index (χ1v) is 6.36. The second-order valence-corrected chi connectivity index (χ2v) is 4.79. The van der Waals surface area contributed by atoms with Crippen molar-refractivity contribution in [3.05, 3.63) is 60.2 Å². The van der Waals surface area contributed by atoms with E-state index in [-0.39, 0.29) is 5.54 Å². The summed E-state index contributed by atoms with van der Waals surface area (Å²) in [5, 5.41) is 0. The van der Waals surface area contributed by atoms with Crippen molar-refractivity contribution < 1.29 is 0 Å². The molecule has 17 heavy (non-hydrogen) atoms. The quantitative estimate of drug-likeness (QED) is 0.756. The van der Waals surface area contributed by atoms with Gasteiger partial charge < -0.3 is 0 Å². The van der Waals surface area contributed by atoms with Gasteiger partial charge in [-0.05, 0) is 25.5 Å². The van der Waals surface area contributed by atoms with E-state index in [1.807, 2.05) is 0 Å². The molecule has 0 saturated heterocycles. The summed E-state index contributed by atoms with van der Waals surface area (Å²) in [5.41, 5.74) is 1.58. The highest BCUT2D eigenvalue weighted by Gasteiger charge is 2.29. The highest BCUT2D eigenvalue weighted by Crippen LogP contribution is 2.29. The summed E-state index contributed by atoms with van der Waals surface area (Å²) in [6, 6.07) is 10.7. The molecule has 0 aliphatic heterocycles. The molecule has 0 bridgehead atoms. The number of hydrogen-bond donors (Lipinski definition) is 0. The maximum Gasteiger partial charge on any atom is 0.0426 e. The number of allylic oxidation sites excluding steroid dienone is 2. The normalized spacial score (nSPS) is 23.2. The fraction of sp³-hybridized carbons (Fsp3) is 0.375. The van der Waals surface area contributed by atoms with E-state index < -0.39 is 0 Å². The van der Waals surface area contributed by atoms with Gasteiger partial charge >= 0.3 is 0 Å². The van der Waals surface area contributed by atoms with Gasteiger partial charge in [-0.15, -0.1) is 0 Å². The van der Waals surface area contributed by atoms with E-state index in [0.29, 0.717) is 0 Å². The van der Waals surface area contributed by atoms with Gasteiger partial charge in [0.1, 0.15) is 0 Å². The largest absolute Gasteiger partial charge is 0.293 e. The van der Waals surface area contributed by atoms with Crippen LogP contribution in [-0.4, -0.2) is 17.5 Å². The fourth-order valence-corrected chi connectivity index (χ4v) is 2.48. The average Bonchev–Trinajstić information content (AvgIpc) is 2.40. The summed E-state index contributed by atoms with van der Waals surface area (Å²) < 4.78 is 0. The molecule has 0 saturated carbocycles. The monoisotopic (exact) mass is 227 g/mol. The van der Waals surface area contributed by atoms with Crippen LogP contribution in [0.4, 0.5) is 0 Å². The van der Waals surface area contributed by atoms with E-state index in [1.54, 1.807) is 0 Å². The number of hydrogen-bond acceptors (Lipinski definition) is 1. The van der Waals surface area contributed by atoms with Gasteiger partial charge in [-0.25, -0.2) is 0 Å². The smallest absolute Gasteiger partial charge is 0.0426 e. The first-order chi connectivity index (χ1) is 8.27. The zero-order valence-corrected chi connectivity index (χ0v) is 10.8. The molecule has 2 rings (SSSR count). The van der Waals surface area contributed by atoms with Gasteiger partial charge in [-0.3, -0.25) is 4.90 Å². The molecule has 0 amide bonds. The number of benzene rings is 1. The van der Waals surface area contributed by atoms with Crippen LogP contribution in [0.25, 0.3) is 0 Å². The Hall–Kier alpha value is -1.34. The second kappa shape index (κ2) is 5.33. The zero-order valence-electron chi connectivity index (χ0n) is 10.8. The Balaban J connectivity index is 2.11. The minimum absolute atomic E-state index is 0.199. The minimum Gasteiger partial charge on any atom is -0.293 e. The van der Waals surface area contributed by atoms with Crippen molar-refractivity contribution in [3.63, 3.8) is 0 Å². The maximum atomic E-state index is 2.46. The van der Waals surface area contributed by atoms with E-state index >= 15 is 0 Å². The zero-order chi connectivity index (χ0) is 12.1. The van der Waals surface area contributed by atoms with Crippen LogP contribution in [0.2, 0.25) is 0 Å². The second-order valence-electron chi connectivity index (χ2n) is 4.79. The number of rotatable bonds is 4. The van der Waals surface area contributed by atoms with Gasteiger partial charge in [0.15, 0.2) is 0 Å². The Kier molecular flexibility index (Phi) is 3.80. The van der Waals surface area contributed by atoms with Gasteiger partial charge in [0.25, 0.3) is 0 Å². The summed E-state index contributed by atoms with van der Waals surface area (Å²) in [6.07, 6.45) is 11.2. The third kappa shape index (κ3) is 2.67. The lowest BCUT2D eigenvalue weighted by molar-refractivity contribution is 0.154. The van der Waals surface area contributed by atoms with Crippen LogP contribution < -0.4 is 0 Å². The Morgan fingerprint density at radius 1 is 1.18 bits per heavy atom. The first-order valence-electron chi connectivity index (χ1n) is 6.36. The van der Waals surface area contributed by atoms with Crippen LogP contribution in [0.3, 0.4) is 0 Å². The van der Waals surface area contributed by atoms with Crippen molar-refractivity contribution in [3.8, 4) is 0 Å². The molecule has 0 spiro atoms. The fourth-order valence-electron chi connectivity index (χ4n) is 2.48. The van der Waals surface area contributed by atoms with Gasteiger partial charge in [-0.2, -0.15) is 0 Å². The van der Waals surface area contributed by atoms with Gasteiger partial charge in [0.2, 0.25) is 0 Å². The highest BCUT2D eigenvalue weighted by molar-refractivity contribution is 5.22. The molecule has 0 fully saturated rings. The summed E-state index contributed by atoms with van der Waals surface area (Å²) in [4.78, 5) is 2.46. The summed E-state index contributed by atoms with van der Waals surface area (Å²) in [7, 11) is 2.22. The van der Waals surface area contributed by atoms with Gasteiger partial charge in [0, 0.05) is 12.1 Å². The molecule has 1 heteroatoms. The molecule has 0 radical (unpaired) electrons. The molecule has 1 aromatic rings. The molecule has 0 aromatic heterocycles. The molecule has 1 aliphatic rings. The molecule has 1 atom stereocenters. The maximum absolute atomic E-state index is 2.46. The topological polar surface area (TPSA) is 3.24 Å². The average molecular weight is 227 g/mol. The first kappa shape index (κ1) is 12.1. The van der Waals surface area contributed by atoms with E-state index in [0.717, 1.165) is 19.4 Å². The SMILES string of the molecule is CCC1(N(C)Cc2ccccc2)C=CC=CC1. The molecule has 1 unspecified atom stereocenters. The Morgan fingerprint density at radius 2 is 1.94 bits per heavy atom. The molecule has 0 heterocycles. The van der Waals surface area contributed by atoms with Crippen molar-refractivity contribution >= 4 is 0 Å². The predicted octanol–water partition coefficient (Wildman–Crippen LogP) is 3.78.